The van der Waals surface area contributed by atoms with Crippen molar-refractivity contribution in [3.8, 4) is 28.6 Å². The van der Waals surface area contributed by atoms with Crippen LogP contribution in [0.5, 0.6) is 0 Å². The smallest absolute Gasteiger partial charge is 0.254 e. The summed E-state index contributed by atoms with van der Waals surface area (Å²) in [6, 6.07) is 16.0. The number of pyridine rings is 1. The van der Waals surface area contributed by atoms with Gasteiger partial charge in [0.05, 0.1) is 18.9 Å². The normalized spacial score (nSPS) is 14.2. The largest absolute Gasteiger partial charge is 0.378 e. The third-order valence-electron chi connectivity index (χ3n) is 5.80. The molecule has 4 aromatic heterocycles. The van der Waals surface area contributed by atoms with E-state index in [-0.39, 0.29) is 0 Å². The number of aromatic nitrogens is 7. The van der Waals surface area contributed by atoms with Gasteiger partial charge >= 0.3 is 0 Å². The van der Waals surface area contributed by atoms with Gasteiger partial charge in [-0.3, -0.25) is 4.98 Å². The molecule has 0 saturated carbocycles. The van der Waals surface area contributed by atoms with Gasteiger partial charge in [-0.1, -0.05) is 30.3 Å². The zero-order valence-corrected chi connectivity index (χ0v) is 18.2. The number of imidazole rings is 1. The number of benzene rings is 1. The number of aryl methyl sites for hydroxylation is 1. The fraction of sp³-hybridized carbons (Fsp3) is 0.208. The summed E-state index contributed by atoms with van der Waals surface area (Å²) in [7, 11) is 1.98. The van der Waals surface area contributed by atoms with Gasteiger partial charge in [-0.15, -0.1) is 0 Å². The van der Waals surface area contributed by atoms with Crippen molar-refractivity contribution in [1.82, 2.24) is 34.3 Å². The molecule has 0 spiro atoms. The van der Waals surface area contributed by atoms with Crippen LogP contribution in [-0.4, -0.2) is 60.6 Å². The summed E-state index contributed by atoms with van der Waals surface area (Å²) in [6.07, 6.45) is 5.43. The quantitative estimate of drug-likeness (QED) is 0.426. The van der Waals surface area contributed by atoms with E-state index in [0.717, 1.165) is 52.7 Å². The lowest BCUT2D eigenvalue weighted by atomic mass is 10.2. The Morgan fingerprint density at radius 2 is 1.64 bits per heavy atom. The molecule has 9 nitrogen and oxygen atoms in total. The first-order valence-corrected chi connectivity index (χ1v) is 10.9. The lowest BCUT2D eigenvalue weighted by molar-refractivity contribution is 0.122. The summed E-state index contributed by atoms with van der Waals surface area (Å²) in [5, 5.41) is 4.75. The third kappa shape index (κ3) is 3.52. The van der Waals surface area contributed by atoms with Gasteiger partial charge in [0.15, 0.2) is 17.0 Å². The zero-order valence-electron chi connectivity index (χ0n) is 18.2. The molecular formula is C24H22N8O. The summed E-state index contributed by atoms with van der Waals surface area (Å²) >= 11 is 0. The third-order valence-corrected chi connectivity index (χ3v) is 5.80. The summed E-state index contributed by atoms with van der Waals surface area (Å²) in [6.45, 7) is 2.82. The number of rotatable bonds is 4. The predicted molar refractivity (Wildman–Crippen MR) is 125 cm³/mol. The fourth-order valence-corrected chi connectivity index (χ4v) is 4.09. The molecule has 1 fully saturated rings. The van der Waals surface area contributed by atoms with Gasteiger partial charge in [0, 0.05) is 49.9 Å². The molecule has 9 heteroatoms. The maximum atomic E-state index is 5.56. The van der Waals surface area contributed by atoms with Gasteiger partial charge in [0.25, 0.3) is 5.95 Å². The second kappa shape index (κ2) is 8.10. The molecule has 0 radical (unpaired) electrons. The molecule has 0 atom stereocenters. The van der Waals surface area contributed by atoms with Crippen LogP contribution in [0, 0.1) is 0 Å². The number of morpholine rings is 1. The van der Waals surface area contributed by atoms with Crippen LogP contribution in [0.25, 0.3) is 39.8 Å². The van der Waals surface area contributed by atoms with E-state index in [9.17, 15) is 0 Å². The Balaban J connectivity index is 1.52. The molecule has 5 aromatic rings. The van der Waals surface area contributed by atoms with Crippen LogP contribution in [0.15, 0.2) is 67.1 Å². The predicted octanol–water partition coefficient (Wildman–Crippen LogP) is 3.11. The van der Waals surface area contributed by atoms with Gasteiger partial charge in [-0.05, 0) is 18.2 Å². The van der Waals surface area contributed by atoms with Gasteiger partial charge in [0.2, 0.25) is 0 Å². The molecule has 33 heavy (non-hydrogen) atoms. The van der Waals surface area contributed by atoms with E-state index in [1.54, 1.807) is 17.1 Å². The summed E-state index contributed by atoms with van der Waals surface area (Å²) in [5.41, 5.74) is 4.42. The monoisotopic (exact) mass is 438 g/mol. The number of ether oxygens (including phenoxy) is 1. The van der Waals surface area contributed by atoms with Crippen LogP contribution in [0.2, 0.25) is 0 Å². The minimum Gasteiger partial charge on any atom is -0.378 e. The first kappa shape index (κ1) is 19.6. The minimum atomic E-state index is 0.510. The molecular weight excluding hydrogens is 416 g/mol. The molecule has 1 aromatic carbocycles. The summed E-state index contributed by atoms with van der Waals surface area (Å²) in [5.74, 6) is 2.13. The first-order chi connectivity index (χ1) is 16.3. The Kier molecular flexibility index (Phi) is 4.80. The minimum absolute atomic E-state index is 0.510. The number of anilines is 1. The van der Waals surface area contributed by atoms with Crippen LogP contribution in [0.3, 0.4) is 0 Å². The van der Waals surface area contributed by atoms with Crippen LogP contribution < -0.4 is 4.90 Å². The molecule has 5 heterocycles. The fourth-order valence-electron chi connectivity index (χ4n) is 4.09. The second-order valence-electron chi connectivity index (χ2n) is 7.86. The van der Waals surface area contributed by atoms with Crippen molar-refractivity contribution in [2.45, 2.75) is 0 Å². The van der Waals surface area contributed by atoms with Gasteiger partial charge in [0.1, 0.15) is 5.82 Å². The van der Waals surface area contributed by atoms with Crippen LogP contribution in [-0.2, 0) is 11.8 Å². The van der Waals surface area contributed by atoms with Gasteiger partial charge in [-0.2, -0.15) is 15.1 Å². The van der Waals surface area contributed by atoms with Crippen molar-refractivity contribution in [1.29, 1.82) is 0 Å². The van der Waals surface area contributed by atoms with Crippen molar-refractivity contribution in [2.75, 3.05) is 31.2 Å². The topological polar surface area (TPSA) is 86.8 Å². The first-order valence-electron chi connectivity index (χ1n) is 10.9. The molecule has 0 bridgehead atoms. The highest BCUT2D eigenvalue weighted by Gasteiger charge is 2.23. The summed E-state index contributed by atoms with van der Waals surface area (Å²) in [4.78, 5) is 21.1. The Labute approximate surface area is 190 Å². The molecule has 1 aliphatic heterocycles. The van der Waals surface area contributed by atoms with Gasteiger partial charge < -0.3 is 14.2 Å². The highest BCUT2D eigenvalue weighted by Crippen LogP contribution is 2.29. The average molecular weight is 438 g/mol. The summed E-state index contributed by atoms with van der Waals surface area (Å²) < 4.78 is 9.29. The van der Waals surface area contributed by atoms with E-state index in [0.29, 0.717) is 19.2 Å². The molecule has 1 saturated heterocycles. The Morgan fingerprint density at radius 1 is 0.848 bits per heavy atom. The SMILES string of the molecule is Cn1c(-c2ccncc2)nc2c(N3CCOCC3)nc(-n3ccc(-c4ccccc4)n3)nc21. The zero-order chi connectivity index (χ0) is 22.2. The Hall–Kier alpha value is -4.11. The van der Waals surface area contributed by atoms with Crippen molar-refractivity contribution in [2.24, 2.45) is 7.05 Å². The second-order valence-corrected chi connectivity index (χ2v) is 7.86. The maximum Gasteiger partial charge on any atom is 0.254 e. The molecule has 164 valence electrons. The Bertz CT molecular complexity index is 1400. The van der Waals surface area contributed by atoms with Crippen molar-refractivity contribution < 1.29 is 4.74 Å². The van der Waals surface area contributed by atoms with Crippen LogP contribution >= 0.6 is 0 Å². The highest BCUT2D eigenvalue weighted by molar-refractivity contribution is 5.87. The van der Waals surface area contributed by atoms with Crippen molar-refractivity contribution in [3.05, 3.63) is 67.1 Å². The molecule has 1 aliphatic rings. The molecule has 0 amide bonds. The number of hydrogen-bond donors (Lipinski definition) is 0. The molecule has 0 unspecified atom stereocenters. The van der Waals surface area contributed by atoms with E-state index >= 15 is 0 Å². The number of fused-ring (bicyclic) bond motifs is 1. The lowest BCUT2D eigenvalue weighted by Crippen LogP contribution is -2.37. The maximum absolute atomic E-state index is 5.56. The average Bonchev–Trinajstić information content (AvgIpc) is 3.51. The van der Waals surface area contributed by atoms with E-state index < -0.39 is 0 Å². The molecule has 0 aliphatic carbocycles. The lowest BCUT2D eigenvalue weighted by Gasteiger charge is -2.28. The van der Waals surface area contributed by atoms with Gasteiger partial charge in [-0.25, -0.2) is 9.67 Å². The molecule has 0 N–H and O–H groups in total. The van der Waals surface area contributed by atoms with E-state index in [4.69, 9.17) is 24.8 Å². The van der Waals surface area contributed by atoms with Crippen LogP contribution in [0.4, 0.5) is 5.82 Å². The van der Waals surface area contributed by atoms with E-state index in [1.807, 2.05) is 66.3 Å². The number of nitrogens with zero attached hydrogens (tertiary/aromatic N) is 8. The van der Waals surface area contributed by atoms with E-state index in [1.165, 1.54) is 0 Å². The van der Waals surface area contributed by atoms with Crippen molar-refractivity contribution >= 4 is 17.0 Å². The van der Waals surface area contributed by atoms with Crippen molar-refractivity contribution in [3.63, 3.8) is 0 Å². The van der Waals surface area contributed by atoms with E-state index in [2.05, 4.69) is 9.88 Å². The Morgan fingerprint density at radius 3 is 2.42 bits per heavy atom. The van der Waals surface area contributed by atoms with Crippen LogP contribution in [0.1, 0.15) is 0 Å². The standard InChI is InChI=1S/C24H22N8O/c1-30-21(18-7-10-25-11-8-18)26-20-22(30)27-24(28-23(20)31-13-15-33-16-14-31)32-12-9-19(29-32)17-5-3-2-4-6-17/h2-12H,13-16H2,1H3. The number of hydrogen-bond acceptors (Lipinski definition) is 7. The highest BCUT2D eigenvalue weighted by atomic mass is 16.5. The molecule has 6 rings (SSSR count).